The van der Waals surface area contributed by atoms with Crippen LogP contribution in [0.3, 0.4) is 0 Å². The summed E-state index contributed by atoms with van der Waals surface area (Å²) in [6.07, 6.45) is 0.964. The minimum atomic E-state index is -4.48. The Hall–Kier alpha value is -0.900. The third-order valence-electron chi connectivity index (χ3n) is 2.06. The van der Waals surface area contributed by atoms with Crippen LogP contribution in [0.2, 0.25) is 0 Å². The Bertz CT molecular complexity index is 372. The summed E-state index contributed by atoms with van der Waals surface area (Å²) in [5.41, 5.74) is 0.525. The summed E-state index contributed by atoms with van der Waals surface area (Å²) in [5, 5.41) is -1.01. The third-order valence-corrected chi connectivity index (χ3v) is 3.25. The van der Waals surface area contributed by atoms with Crippen LogP contribution in [0.1, 0.15) is 30.6 Å². The van der Waals surface area contributed by atoms with Crippen LogP contribution in [0, 0.1) is 0 Å². The van der Waals surface area contributed by atoms with Gasteiger partial charge in [-0.05, 0) is 12.0 Å². The van der Waals surface area contributed by atoms with Gasteiger partial charge in [0.2, 0.25) is 0 Å². The van der Waals surface area contributed by atoms with Crippen molar-refractivity contribution in [3.63, 3.8) is 0 Å². The first-order chi connectivity index (χ1) is 6.55. The molecule has 0 radical (unpaired) electrons. The maximum atomic E-state index is 12.9. The highest BCUT2D eigenvalue weighted by atomic mass is 32.3. The second-order valence-corrected chi connectivity index (χ2v) is 4.68. The Balaban J connectivity index is 3.02. The van der Waals surface area contributed by atoms with Gasteiger partial charge in [0.15, 0.2) is 0 Å². The molecule has 0 aliphatic rings. The molecular formula is C10H13FO2S. The monoisotopic (exact) mass is 216 g/mol. The van der Waals surface area contributed by atoms with Crippen molar-refractivity contribution in [3.8, 4) is 0 Å². The van der Waals surface area contributed by atoms with Gasteiger partial charge in [-0.15, -0.1) is 3.89 Å². The summed E-state index contributed by atoms with van der Waals surface area (Å²) in [5.74, 6) is 0. The van der Waals surface area contributed by atoms with E-state index in [1.165, 1.54) is 0 Å². The molecule has 0 aromatic heterocycles. The molecule has 1 aromatic rings. The first-order valence-electron chi connectivity index (χ1n) is 4.54. The van der Waals surface area contributed by atoms with Crippen molar-refractivity contribution in [2.45, 2.75) is 25.0 Å². The maximum Gasteiger partial charge on any atom is 0.309 e. The van der Waals surface area contributed by atoms with Crippen LogP contribution in [-0.4, -0.2) is 8.42 Å². The van der Waals surface area contributed by atoms with Gasteiger partial charge >= 0.3 is 10.2 Å². The van der Waals surface area contributed by atoms with Crippen LogP contribution in [0.15, 0.2) is 30.3 Å². The van der Waals surface area contributed by atoms with E-state index in [2.05, 4.69) is 0 Å². The summed E-state index contributed by atoms with van der Waals surface area (Å²) in [6.45, 7) is 1.83. The van der Waals surface area contributed by atoms with Crippen molar-refractivity contribution in [2.24, 2.45) is 0 Å². The zero-order chi connectivity index (χ0) is 10.6. The van der Waals surface area contributed by atoms with Crippen molar-refractivity contribution in [1.29, 1.82) is 0 Å². The van der Waals surface area contributed by atoms with Crippen LogP contribution in [0.4, 0.5) is 3.89 Å². The Morgan fingerprint density at radius 3 is 2.29 bits per heavy atom. The molecular weight excluding hydrogens is 203 g/mol. The molecule has 0 saturated carbocycles. The predicted molar refractivity (Wildman–Crippen MR) is 54.1 cm³/mol. The van der Waals surface area contributed by atoms with Crippen LogP contribution < -0.4 is 0 Å². The Kier molecular flexibility index (Phi) is 3.63. The molecule has 0 fully saturated rings. The fourth-order valence-electron chi connectivity index (χ4n) is 1.40. The zero-order valence-electron chi connectivity index (χ0n) is 7.98. The number of hydrogen-bond donors (Lipinski definition) is 0. The van der Waals surface area contributed by atoms with E-state index < -0.39 is 15.5 Å². The minimum absolute atomic E-state index is 0.322. The van der Waals surface area contributed by atoms with Crippen LogP contribution in [0.25, 0.3) is 0 Å². The molecule has 0 bridgehead atoms. The van der Waals surface area contributed by atoms with Crippen molar-refractivity contribution in [1.82, 2.24) is 0 Å². The van der Waals surface area contributed by atoms with Gasteiger partial charge in [0.05, 0.1) is 0 Å². The molecule has 1 aromatic carbocycles. The average Bonchev–Trinajstić information content (AvgIpc) is 2.14. The van der Waals surface area contributed by atoms with E-state index in [4.69, 9.17) is 0 Å². The molecule has 0 spiro atoms. The molecule has 78 valence electrons. The van der Waals surface area contributed by atoms with Gasteiger partial charge in [-0.25, -0.2) is 0 Å². The van der Waals surface area contributed by atoms with Crippen LogP contribution in [0.5, 0.6) is 0 Å². The normalized spacial score (nSPS) is 13.9. The molecule has 4 heteroatoms. The second-order valence-electron chi connectivity index (χ2n) is 3.16. The first kappa shape index (κ1) is 11.2. The Morgan fingerprint density at radius 2 is 1.86 bits per heavy atom. The van der Waals surface area contributed by atoms with Gasteiger partial charge in [-0.3, -0.25) is 0 Å². The highest BCUT2D eigenvalue weighted by molar-refractivity contribution is 7.86. The highest BCUT2D eigenvalue weighted by Crippen LogP contribution is 2.28. The molecule has 0 aliphatic carbocycles. The molecule has 0 amide bonds. The van der Waals surface area contributed by atoms with E-state index in [0.717, 1.165) is 0 Å². The summed E-state index contributed by atoms with van der Waals surface area (Å²) in [4.78, 5) is 0. The standard InChI is InChI=1S/C10H13FO2S/c1-2-6-10(14(11,12)13)9-7-4-3-5-8-9/h3-5,7-8,10H,2,6H2,1H3. The molecule has 1 atom stereocenters. The van der Waals surface area contributed by atoms with Crippen LogP contribution in [-0.2, 0) is 10.2 Å². The van der Waals surface area contributed by atoms with Crippen molar-refractivity contribution in [2.75, 3.05) is 0 Å². The van der Waals surface area contributed by atoms with E-state index >= 15 is 0 Å². The quantitative estimate of drug-likeness (QED) is 0.725. The molecule has 0 saturated heterocycles. The van der Waals surface area contributed by atoms with Crippen LogP contribution >= 0.6 is 0 Å². The zero-order valence-corrected chi connectivity index (χ0v) is 8.80. The summed E-state index contributed by atoms with van der Waals surface area (Å²) in [7, 11) is -4.48. The fourth-order valence-corrected chi connectivity index (χ4v) is 2.40. The number of rotatable bonds is 4. The predicted octanol–water partition coefficient (Wildman–Crippen LogP) is 2.83. The molecule has 2 nitrogen and oxygen atoms in total. The summed E-state index contributed by atoms with van der Waals surface area (Å²) >= 11 is 0. The van der Waals surface area contributed by atoms with Crippen molar-refractivity contribution in [3.05, 3.63) is 35.9 Å². The van der Waals surface area contributed by atoms with E-state index in [-0.39, 0.29) is 0 Å². The molecule has 0 heterocycles. The molecule has 1 unspecified atom stereocenters. The Labute approximate surface area is 84.0 Å². The van der Waals surface area contributed by atoms with Gasteiger partial charge < -0.3 is 0 Å². The molecule has 14 heavy (non-hydrogen) atoms. The summed E-state index contributed by atoms with van der Waals surface area (Å²) in [6, 6.07) is 8.47. The molecule has 0 aliphatic heterocycles. The van der Waals surface area contributed by atoms with Crippen molar-refractivity contribution >= 4 is 10.2 Å². The topological polar surface area (TPSA) is 34.1 Å². The smallest absolute Gasteiger partial charge is 0.194 e. The third kappa shape index (κ3) is 2.80. The van der Waals surface area contributed by atoms with Gasteiger partial charge in [0.25, 0.3) is 0 Å². The van der Waals surface area contributed by atoms with Gasteiger partial charge in [0.1, 0.15) is 5.25 Å². The lowest BCUT2D eigenvalue weighted by Crippen LogP contribution is -2.07. The van der Waals surface area contributed by atoms with Gasteiger partial charge in [-0.1, -0.05) is 43.7 Å². The lowest BCUT2D eigenvalue weighted by Gasteiger charge is -2.11. The van der Waals surface area contributed by atoms with Gasteiger partial charge in [0, 0.05) is 0 Å². The second kappa shape index (κ2) is 4.55. The molecule has 1 rings (SSSR count). The van der Waals surface area contributed by atoms with E-state index in [1.54, 1.807) is 30.3 Å². The SMILES string of the molecule is CCCC(c1ccccc1)S(=O)(=O)F. The van der Waals surface area contributed by atoms with Crippen molar-refractivity contribution < 1.29 is 12.3 Å². The lowest BCUT2D eigenvalue weighted by atomic mass is 10.1. The lowest BCUT2D eigenvalue weighted by molar-refractivity contribution is 0.528. The maximum absolute atomic E-state index is 12.9. The largest absolute Gasteiger partial charge is 0.309 e. The van der Waals surface area contributed by atoms with Gasteiger partial charge in [-0.2, -0.15) is 8.42 Å². The van der Waals surface area contributed by atoms with E-state index in [1.807, 2.05) is 6.92 Å². The number of halogens is 1. The minimum Gasteiger partial charge on any atom is -0.194 e. The first-order valence-corrected chi connectivity index (χ1v) is 5.98. The number of benzene rings is 1. The average molecular weight is 216 g/mol. The number of hydrogen-bond acceptors (Lipinski definition) is 2. The summed E-state index contributed by atoms with van der Waals surface area (Å²) < 4.78 is 34.6. The van der Waals surface area contributed by atoms with E-state index in [0.29, 0.717) is 18.4 Å². The molecule has 0 N–H and O–H groups in total. The van der Waals surface area contributed by atoms with E-state index in [9.17, 15) is 12.3 Å². The highest BCUT2D eigenvalue weighted by Gasteiger charge is 2.25. The Morgan fingerprint density at radius 1 is 1.29 bits per heavy atom. The fraction of sp³-hybridized carbons (Fsp3) is 0.400.